The Morgan fingerprint density at radius 3 is 2.70 bits per heavy atom. The molecular weight excluding hydrogens is 276 g/mol. The summed E-state index contributed by atoms with van der Waals surface area (Å²) in [5.41, 5.74) is 1.69. The Morgan fingerprint density at radius 2 is 1.90 bits per heavy atom. The van der Waals surface area contributed by atoms with Gasteiger partial charge in [0.25, 0.3) is 0 Å². The van der Waals surface area contributed by atoms with E-state index in [1.54, 1.807) is 13.3 Å². The third-order valence-corrected chi connectivity index (χ3v) is 3.29. The molecule has 0 saturated carbocycles. The molecule has 0 saturated heterocycles. The zero-order chi connectivity index (χ0) is 13.9. The summed E-state index contributed by atoms with van der Waals surface area (Å²) in [5, 5.41) is 0.610. The van der Waals surface area contributed by atoms with Crippen LogP contribution in [0.25, 0.3) is 5.65 Å². The Bertz CT molecular complexity index is 740. The Hall–Kier alpha value is -2.20. The molecule has 0 amide bonds. The number of rotatable bonds is 4. The maximum atomic E-state index is 6.19. The van der Waals surface area contributed by atoms with Crippen LogP contribution in [0.2, 0.25) is 5.15 Å². The molecule has 2 aromatic heterocycles. The van der Waals surface area contributed by atoms with E-state index >= 15 is 0 Å². The number of aromatic nitrogens is 2. The van der Waals surface area contributed by atoms with Crippen LogP contribution in [0.15, 0.2) is 48.7 Å². The summed E-state index contributed by atoms with van der Waals surface area (Å²) in [7, 11) is 1.62. The molecule has 0 N–H and O–H groups in total. The minimum atomic E-state index is 0.366. The smallest absolute Gasteiger partial charge is 0.161 e. The van der Waals surface area contributed by atoms with Crippen molar-refractivity contribution in [3.8, 4) is 11.5 Å². The number of benzene rings is 1. The second-order valence-corrected chi connectivity index (χ2v) is 4.62. The van der Waals surface area contributed by atoms with E-state index in [0.717, 1.165) is 11.3 Å². The molecule has 3 rings (SSSR count). The monoisotopic (exact) mass is 288 g/mol. The highest BCUT2D eigenvalue weighted by atomic mass is 35.5. The van der Waals surface area contributed by atoms with E-state index in [4.69, 9.17) is 21.1 Å². The largest absolute Gasteiger partial charge is 0.493 e. The number of hydrogen-bond donors (Lipinski definition) is 0. The van der Waals surface area contributed by atoms with Gasteiger partial charge in [0.15, 0.2) is 11.5 Å². The van der Waals surface area contributed by atoms with Crippen LogP contribution in [0, 0.1) is 0 Å². The fourth-order valence-electron chi connectivity index (χ4n) is 2.05. The summed E-state index contributed by atoms with van der Waals surface area (Å²) in [5.74, 6) is 1.39. The maximum absolute atomic E-state index is 6.19. The second-order valence-electron chi connectivity index (χ2n) is 4.23. The summed E-state index contributed by atoms with van der Waals surface area (Å²) in [4.78, 5) is 4.30. The van der Waals surface area contributed by atoms with Gasteiger partial charge in [0, 0.05) is 0 Å². The number of para-hydroxylation sites is 2. The van der Waals surface area contributed by atoms with Crippen LogP contribution < -0.4 is 9.47 Å². The van der Waals surface area contributed by atoms with Crippen molar-refractivity contribution in [2.75, 3.05) is 7.11 Å². The molecule has 2 heterocycles. The number of methoxy groups -OCH3 is 1. The number of hydrogen-bond acceptors (Lipinski definition) is 3. The lowest BCUT2D eigenvalue weighted by Gasteiger charge is -2.10. The lowest BCUT2D eigenvalue weighted by Crippen LogP contribution is -2.01. The molecule has 0 fully saturated rings. The van der Waals surface area contributed by atoms with Crippen molar-refractivity contribution in [1.29, 1.82) is 0 Å². The number of pyridine rings is 1. The molecule has 1 aromatic carbocycles. The normalized spacial score (nSPS) is 10.7. The third kappa shape index (κ3) is 2.30. The third-order valence-electron chi connectivity index (χ3n) is 3.00. The molecule has 0 aliphatic carbocycles. The van der Waals surface area contributed by atoms with E-state index < -0.39 is 0 Å². The first-order chi connectivity index (χ1) is 9.79. The molecule has 0 aliphatic rings. The van der Waals surface area contributed by atoms with Gasteiger partial charge in [-0.3, -0.25) is 4.40 Å². The van der Waals surface area contributed by atoms with Crippen LogP contribution in [-0.4, -0.2) is 16.5 Å². The van der Waals surface area contributed by atoms with Crippen LogP contribution in [-0.2, 0) is 6.61 Å². The summed E-state index contributed by atoms with van der Waals surface area (Å²) in [6, 6.07) is 13.1. The summed E-state index contributed by atoms with van der Waals surface area (Å²) in [6.07, 6.45) is 1.76. The number of imidazole rings is 1. The maximum Gasteiger partial charge on any atom is 0.161 e. The van der Waals surface area contributed by atoms with E-state index in [2.05, 4.69) is 4.98 Å². The van der Waals surface area contributed by atoms with Crippen LogP contribution in [0.4, 0.5) is 0 Å². The summed E-state index contributed by atoms with van der Waals surface area (Å²) < 4.78 is 12.9. The molecule has 0 radical (unpaired) electrons. The average Bonchev–Trinajstić information content (AvgIpc) is 2.90. The molecule has 0 aliphatic heterocycles. The Balaban J connectivity index is 1.87. The summed E-state index contributed by atoms with van der Waals surface area (Å²) in [6.45, 7) is 0.366. The molecule has 5 heteroatoms. The molecule has 0 bridgehead atoms. The first-order valence-electron chi connectivity index (χ1n) is 6.16. The van der Waals surface area contributed by atoms with Gasteiger partial charge in [0.2, 0.25) is 0 Å². The predicted octanol–water partition coefficient (Wildman–Crippen LogP) is 3.58. The zero-order valence-corrected chi connectivity index (χ0v) is 11.7. The zero-order valence-electron chi connectivity index (χ0n) is 10.9. The van der Waals surface area contributed by atoms with Gasteiger partial charge in [-0.1, -0.05) is 29.8 Å². The highest BCUT2D eigenvalue weighted by Crippen LogP contribution is 2.27. The fourth-order valence-corrected chi connectivity index (χ4v) is 2.32. The Labute approximate surface area is 121 Å². The first-order valence-corrected chi connectivity index (χ1v) is 6.54. The summed E-state index contributed by atoms with van der Waals surface area (Å²) >= 11 is 6.19. The SMILES string of the molecule is COc1ccccc1OCc1cnc2cccc(Cl)n12. The molecule has 0 atom stereocenters. The average molecular weight is 289 g/mol. The number of halogens is 1. The second kappa shape index (κ2) is 5.43. The molecular formula is C15H13ClN2O2. The van der Waals surface area contributed by atoms with Crippen LogP contribution in [0.1, 0.15) is 5.69 Å². The lowest BCUT2D eigenvalue weighted by molar-refractivity contribution is 0.280. The van der Waals surface area contributed by atoms with Gasteiger partial charge in [0.05, 0.1) is 19.0 Å². The van der Waals surface area contributed by atoms with Crippen molar-refractivity contribution in [3.05, 3.63) is 59.5 Å². The van der Waals surface area contributed by atoms with E-state index in [1.165, 1.54) is 0 Å². The van der Waals surface area contributed by atoms with Crippen LogP contribution in [0.5, 0.6) is 11.5 Å². The standard InChI is InChI=1S/C15H13ClN2O2/c1-19-12-5-2-3-6-13(12)20-10-11-9-17-15-8-4-7-14(16)18(11)15/h2-9H,10H2,1H3. The molecule has 102 valence electrons. The van der Waals surface area contributed by atoms with Gasteiger partial charge < -0.3 is 9.47 Å². The predicted molar refractivity (Wildman–Crippen MR) is 77.5 cm³/mol. The minimum Gasteiger partial charge on any atom is -0.493 e. The molecule has 0 spiro atoms. The Kier molecular flexibility index (Phi) is 3.48. The van der Waals surface area contributed by atoms with E-state index in [9.17, 15) is 0 Å². The van der Waals surface area contributed by atoms with Crippen molar-refractivity contribution >= 4 is 17.2 Å². The van der Waals surface area contributed by atoms with Gasteiger partial charge in [-0.25, -0.2) is 4.98 Å². The number of nitrogens with zero attached hydrogens (tertiary/aromatic N) is 2. The van der Waals surface area contributed by atoms with Gasteiger partial charge in [-0.15, -0.1) is 0 Å². The highest BCUT2D eigenvalue weighted by molar-refractivity contribution is 6.29. The molecule has 4 nitrogen and oxygen atoms in total. The lowest BCUT2D eigenvalue weighted by atomic mass is 10.3. The Morgan fingerprint density at radius 1 is 1.10 bits per heavy atom. The van der Waals surface area contributed by atoms with Gasteiger partial charge in [-0.05, 0) is 24.3 Å². The van der Waals surface area contributed by atoms with Gasteiger partial charge in [0.1, 0.15) is 17.4 Å². The van der Waals surface area contributed by atoms with Gasteiger partial charge >= 0.3 is 0 Å². The minimum absolute atomic E-state index is 0.366. The molecule has 20 heavy (non-hydrogen) atoms. The van der Waals surface area contributed by atoms with E-state index in [0.29, 0.717) is 23.3 Å². The first kappa shape index (κ1) is 12.8. The highest BCUT2D eigenvalue weighted by Gasteiger charge is 2.08. The quantitative estimate of drug-likeness (QED) is 0.689. The van der Waals surface area contributed by atoms with Crippen molar-refractivity contribution in [2.45, 2.75) is 6.61 Å². The fraction of sp³-hybridized carbons (Fsp3) is 0.133. The molecule has 3 aromatic rings. The number of fused-ring (bicyclic) bond motifs is 1. The number of ether oxygens (including phenoxy) is 2. The van der Waals surface area contributed by atoms with Gasteiger partial charge in [-0.2, -0.15) is 0 Å². The van der Waals surface area contributed by atoms with Crippen molar-refractivity contribution in [1.82, 2.24) is 9.38 Å². The molecule has 0 unspecified atom stereocenters. The van der Waals surface area contributed by atoms with Crippen LogP contribution >= 0.6 is 11.6 Å². The van der Waals surface area contributed by atoms with Crippen molar-refractivity contribution in [3.63, 3.8) is 0 Å². The van der Waals surface area contributed by atoms with Crippen LogP contribution in [0.3, 0.4) is 0 Å². The van der Waals surface area contributed by atoms with Crippen molar-refractivity contribution < 1.29 is 9.47 Å². The topological polar surface area (TPSA) is 35.8 Å². The van der Waals surface area contributed by atoms with Crippen molar-refractivity contribution in [2.24, 2.45) is 0 Å². The van der Waals surface area contributed by atoms with E-state index in [-0.39, 0.29) is 0 Å². The van der Waals surface area contributed by atoms with E-state index in [1.807, 2.05) is 46.9 Å².